The van der Waals surface area contributed by atoms with Gasteiger partial charge in [-0.3, -0.25) is 9.59 Å². The van der Waals surface area contributed by atoms with Crippen molar-refractivity contribution in [2.24, 2.45) is 5.92 Å². The Balaban J connectivity index is 1.89. The predicted octanol–water partition coefficient (Wildman–Crippen LogP) is 7.94. The first-order valence-corrected chi connectivity index (χ1v) is 13.6. The third-order valence-corrected chi connectivity index (χ3v) is 6.82. The summed E-state index contributed by atoms with van der Waals surface area (Å²) in [6.45, 7) is 11.3. The minimum atomic E-state index is -0.939. The summed E-state index contributed by atoms with van der Waals surface area (Å²) < 4.78 is 6.61. The molecule has 0 aliphatic heterocycles. The van der Waals surface area contributed by atoms with E-state index in [9.17, 15) is 9.59 Å². The van der Waals surface area contributed by atoms with Crippen molar-refractivity contribution in [1.29, 1.82) is 0 Å². The molecule has 0 radical (unpaired) electrons. The highest BCUT2D eigenvalue weighted by Gasteiger charge is 2.22. The van der Waals surface area contributed by atoms with Crippen LogP contribution in [0.4, 0.5) is 0 Å². The topological polar surface area (TPSA) is 75.6 Å². The number of benzene rings is 3. The van der Waals surface area contributed by atoms with Gasteiger partial charge in [0.1, 0.15) is 11.9 Å². The molecule has 5 nitrogen and oxygen atoms in total. The summed E-state index contributed by atoms with van der Waals surface area (Å²) in [5, 5.41) is 11.4. The number of hydrogen-bond donors (Lipinski definition) is 2. The van der Waals surface area contributed by atoms with Crippen LogP contribution in [-0.2, 0) is 4.79 Å². The van der Waals surface area contributed by atoms with Crippen molar-refractivity contribution >= 4 is 11.9 Å². The fourth-order valence-electron chi connectivity index (χ4n) is 4.95. The van der Waals surface area contributed by atoms with Crippen molar-refractivity contribution in [2.45, 2.75) is 72.3 Å². The van der Waals surface area contributed by atoms with Crippen LogP contribution in [0, 0.1) is 12.8 Å². The van der Waals surface area contributed by atoms with E-state index in [0.29, 0.717) is 23.1 Å². The van der Waals surface area contributed by atoms with Crippen molar-refractivity contribution in [1.82, 2.24) is 5.32 Å². The molecule has 1 atom stereocenters. The van der Waals surface area contributed by atoms with Gasteiger partial charge in [-0.1, -0.05) is 76.6 Å². The second-order valence-corrected chi connectivity index (χ2v) is 10.6. The van der Waals surface area contributed by atoms with E-state index < -0.39 is 5.97 Å². The van der Waals surface area contributed by atoms with E-state index in [1.54, 1.807) is 12.1 Å². The number of carbonyl (C=O) groups is 2. The van der Waals surface area contributed by atoms with Crippen LogP contribution in [0.15, 0.2) is 66.7 Å². The van der Waals surface area contributed by atoms with E-state index in [-0.39, 0.29) is 25.0 Å². The Hall–Kier alpha value is -3.60. The minimum absolute atomic E-state index is 0.0979. The zero-order valence-electron chi connectivity index (χ0n) is 23.3. The number of ether oxygens (including phenoxy) is 1. The zero-order valence-corrected chi connectivity index (χ0v) is 23.3. The average Bonchev–Trinajstić information content (AvgIpc) is 2.88. The lowest BCUT2D eigenvalue weighted by molar-refractivity contribution is -0.136. The van der Waals surface area contributed by atoms with Gasteiger partial charge >= 0.3 is 5.97 Å². The molecule has 0 saturated heterocycles. The van der Waals surface area contributed by atoms with Crippen LogP contribution >= 0.6 is 0 Å². The number of hydrogen-bond acceptors (Lipinski definition) is 3. The molecule has 0 heterocycles. The monoisotopic (exact) mass is 515 g/mol. The lowest BCUT2D eigenvalue weighted by Gasteiger charge is -2.27. The molecule has 3 aromatic carbocycles. The molecular formula is C33H41NO4. The number of carboxylic acids is 1. The molecule has 0 aromatic heterocycles. The van der Waals surface area contributed by atoms with Gasteiger partial charge in [-0.05, 0) is 83.7 Å². The van der Waals surface area contributed by atoms with E-state index in [2.05, 4.69) is 76.3 Å². The molecular weight excluding hydrogens is 474 g/mol. The molecule has 5 heteroatoms. The fraction of sp³-hybridized carbons (Fsp3) is 0.394. The van der Waals surface area contributed by atoms with Gasteiger partial charge in [-0.25, -0.2) is 0 Å². The van der Waals surface area contributed by atoms with Crippen LogP contribution in [0.25, 0.3) is 11.1 Å². The highest BCUT2D eigenvalue weighted by atomic mass is 16.5. The lowest BCUT2D eigenvalue weighted by atomic mass is 9.84. The first-order chi connectivity index (χ1) is 18.2. The minimum Gasteiger partial charge on any atom is -0.486 e. The molecule has 38 heavy (non-hydrogen) atoms. The molecule has 0 spiro atoms. The Labute approximate surface area is 227 Å². The van der Waals surface area contributed by atoms with Gasteiger partial charge in [0.2, 0.25) is 0 Å². The van der Waals surface area contributed by atoms with Crippen LogP contribution in [0.5, 0.6) is 5.75 Å². The van der Waals surface area contributed by atoms with Crippen LogP contribution in [0.3, 0.4) is 0 Å². The summed E-state index contributed by atoms with van der Waals surface area (Å²) in [5.41, 5.74) is 6.77. The normalized spacial score (nSPS) is 12.0. The maximum atomic E-state index is 12.3. The number of rotatable bonds is 13. The van der Waals surface area contributed by atoms with Crippen LogP contribution < -0.4 is 10.1 Å². The smallest absolute Gasteiger partial charge is 0.305 e. The van der Waals surface area contributed by atoms with Crippen LogP contribution in [0.1, 0.15) is 92.4 Å². The van der Waals surface area contributed by atoms with Crippen molar-refractivity contribution in [3.8, 4) is 16.9 Å². The van der Waals surface area contributed by atoms with E-state index in [4.69, 9.17) is 9.84 Å². The Morgan fingerprint density at radius 1 is 0.895 bits per heavy atom. The largest absolute Gasteiger partial charge is 0.486 e. The molecule has 0 aliphatic carbocycles. The lowest BCUT2D eigenvalue weighted by Crippen LogP contribution is -2.25. The number of aliphatic carboxylic acids is 1. The maximum absolute atomic E-state index is 12.3. The fourth-order valence-corrected chi connectivity index (χ4v) is 4.95. The Morgan fingerprint density at radius 2 is 1.58 bits per heavy atom. The van der Waals surface area contributed by atoms with Gasteiger partial charge in [0.25, 0.3) is 5.91 Å². The molecule has 0 bridgehead atoms. The van der Waals surface area contributed by atoms with Crippen molar-refractivity contribution in [2.75, 3.05) is 6.54 Å². The Bertz CT molecular complexity index is 1200. The second kappa shape index (κ2) is 13.8. The maximum Gasteiger partial charge on any atom is 0.305 e. The first-order valence-electron chi connectivity index (χ1n) is 13.6. The van der Waals surface area contributed by atoms with Gasteiger partial charge in [0.05, 0.1) is 6.42 Å². The van der Waals surface area contributed by atoms with Crippen molar-refractivity contribution < 1.29 is 19.4 Å². The van der Waals surface area contributed by atoms with E-state index in [1.807, 2.05) is 18.2 Å². The number of carbonyl (C=O) groups excluding carboxylic acids is 1. The summed E-state index contributed by atoms with van der Waals surface area (Å²) >= 11 is 0. The van der Waals surface area contributed by atoms with Gasteiger partial charge in [-0.2, -0.15) is 0 Å². The Morgan fingerprint density at radius 3 is 2.18 bits per heavy atom. The molecule has 0 aliphatic rings. The van der Waals surface area contributed by atoms with E-state index in [1.165, 1.54) is 27.8 Å². The SMILES string of the molecule is Cc1c(-c2ccccc2)ccc(C(CCCC(C)C)Oc2ccc(C(=O)NCCC(=O)O)cc2)c1C(C)C. The number of nitrogens with one attached hydrogen (secondary N) is 1. The average molecular weight is 516 g/mol. The van der Waals surface area contributed by atoms with Crippen molar-refractivity contribution in [3.63, 3.8) is 0 Å². The number of carboxylic acid groups (broad SMARTS) is 1. The second-order valence-electron chi connectivity index (χ2n) is 10.6. The van der Waals surface area contributed by atoms with E-state index >= 15 is 0 Å². The van der Waals surface area contributed by atoms with Gasteiger partial charge < -0.3 is 15.2 Å². The highest BCUT2D eigenvalue weighted by Crippen LogP contribution is 2.38. The van der Waals surface area contributed by atoms with Gasteiger partial charge in [-0.15, -0.1) is 0 Å². The third-order valence-electron chi connectivity index (χ3n) is 6.82. The summed E-state index contributed by atoms with van der Waals surface area (Å²) in [7, 11) is 0. The third kappa shape index (κ3) is 7.95. The zero-order chi connectivity index (χ0) is 27.7. The van der Waals surface area contributed by atoms with Gasteiger partial charge in [0.15, 0.2) is 0 Å². The van der Waals surface area contributed by atoms with Gasteiger partial charge in [0, 0.05) is 12.1 Å². The quantitative estimate of drug-likeness (QED) is 0.242. The summed E-state index contributed by atoms with van der Waals surface area (Å²) in [5.74, 6) is 0.440. The van der Waals surface area contributed by atoms with Crippen LogP contribution in [-0.4, -0.2) is 23.5 Å². The molecule has 2 N–H and O–H groups in total. The first kappa shape index (κ1) is 29.0. The van der Waals surface area contributed by atoms with Crippen LogP contribution in [0.2, 0.25) is 0 Å². The predicted molar refractivity (Wildman–Crippen MR) is 154 cm³/mol. The molecule has 3 aromatic rings. The molecule has 3 rings (SSSR count). The standard InChI is InChI=1S/C33H41NO4/c1-22(2)10-9-13-30(38-27-16-14-26(15-17-27)33(37)34-21-20-31(35)36)29-19-18-28(24(5)32(29)23(3)4)25-11-7-6-8-12-25/h6-8,11-12,14-19,22-23,30H,9-10,13,20-21H2,1-5H3,(H,34,37)(H,35,36). The highest BCUT2D eigenvalue weighted by molar-refractivity contribution is 5.94. The molecule has 1 amide bonds. The number of amides is 1. The summed E-state index contributed by atoms with van der Waals surface area (Å²) in [4.78, 5) is 23.1. The Kier molecular flexibility index (Phi) is 10.5. The molecule has 0 fully saturated rings. The summed E-state index contributed by atoms with van der Waals surface area (Å²) in [6.07, 6.45) is 2.88. The molecule has 1 unspecified atom stereocenters. The van der Waals surface area contributed by atoms with Crippen molar-refractivity contribution in [3.05, 3.63) is 89.0 Å². The molecule has 0 saturated carbocycles. The molecule has 202 valence electrons. The van der Waals surface area contributed by atoms with E-state index in [0.717, 1.165) is 19.3 Å². The summed E-state index contributed by atoms with van der Waals surface area (Å²) in [6, 6.07) is 22.0.